The van der Waals surface area contributed by atoms with Gasteiger partial charge in [-0.05, 0) is 12.5 Å². The number of H-pyrrole nitrogens is 2. The third-order valence-electron chi connectivity index (χ3n) is 5.24. The lowest BCUT2D eigenvalue weighted by molar-refractivity contribution is -0.137. The lowest BCUT2D eigenvalue weighted by Crippen LogP contribution is -2.37. The average molecular weight is 496 g/mol. The summed E-state index contributed by atoms with van der Waals surface area (Å²) in [5.74, 6) is -0.843. The summed E-state index contributed by atoms with van der Waals surface area (Å²) in [5, 5.41) is 15.2. The summed E-state index contributed by atoms with van der Waals surface area (Å²) in [7, 11) is 0. The van der Waals surface area contributed by atoms with Gasteiger partial charge in [-0.3, -0.25) is 24.5 Å². The van der Waals surface area contributed by atoms with Crippen molar-refractivity contribution < 1.29 is 22.8 Å². The van der Waals surface area contributed by atoms with Crippen LogP contribution >= 0.6 is 11.6 Å². The summed E-state index contributed by atoms with van der Waals surface area (Å²) in [5.41, 5.74) is 0.369. The van der Waals surface area contributed by atoms with Gasteiger partial charge in [0.25, 0.3) is 17.4 Å². The highest BCUT2D eigenvalue weighted by molar-refractivity contribution is 6.31. The standard InChI is InChI=1S/C20H17ClF3N7O3/c21-13-6-11(20(22,23)24)8-26-14(13)1-3-25-18(33)17-12-2-4-31(9-15(12)28-30-17)19(34)10-5-16(32)29-27-7-10/h5-8H,1-4,9H2,(H,25,33)(H,28,30)(H,29,32). The van der Waals surface area contributed by atoms with E-state index in [1.807, 2.05) is 0 Å². The molecule has 14 heteroatoms. The molecule has 10 nitrogen and oxygen atoms in total. The smallest absolute Gasteiger partial charge is 0.350 e. The topological polar surface area (TPSA) is 137 Å². The van der Waals surface area contributed by atoms with Crippen molar-refractivity contribution in [3.05, 3.63) is 73.7 Å². The fourth-order valence-corrected chi connectivity index (χ4v) is 3.80. The van der Waals surface area contributed by atoms with E-state index in [2.05, 4.69) is 30.7 Å². The highest BCUT2D eigenvalue weighted by Gasteiger charge is 2.32. The molecule has 1 aliphatic heterocycles. The van der Waals surface area contributed by atoms with Crippen molar-refractivity contribution >= 4 is 23.4 Å². The minimum atomic E-state index is -4.54. The Morgan fingerprint density at radius 3 is 2.71 bits per heavy atom. The number of amides is 2. The van der Waals surface area contributed by atoms with Gasteiger partial charge in [0.1, 0.15) is 0 Å². The van der Waals surface area contributed by atoms with E-state index in [1.54, 1.807) is 0 Å². The summed E-state index contributed by atoms with van der Waals surface area (Å²) in [6, 6.07) is 1.96. The third-order valence-corrected chi connectivity index (χ3v) is 5.57. The van der Waals surface area contributed by atoms with Crippen molar-refractivity contribution in [2.75, 3.05) is 13.1 Å². The van der Waals surface area contributed by atoms with Gasteiger partial charge in [0.05, 0.1) is 40.3 Å². The number of rotatable bonds is 5. The second-order valence-corrected chi connectivity index (χ2v) is 7.90. The van der Waals surface area contributed by atoms with E-state index >= 15 is 0 Å². The second-order valence-electron chi connectivity index (χ2n) is 7.50. The van der Waals surface area contributed by atoms with Crippen LogP contribution in [-0.4, -0.2) is 55.2 Å². The zero-order valence-corrected chi connectivity index (χ0v) is 18.1. The molecule has 0 atom stereocenters. The first-order valence-electron chi connectivity index (χ1n) is 10.0. The fraction of sp³-hybridized carbons (Fsp3) is 0.300. The molecular formula is C20H17ClF3N7O3. The molecule has 0 saturated heterocycles. The van der Waals surface area contributed by atoms with Crippen molar-refractivity contribution in [3.63, 3.8) is 0 Å². The van der Waals surface area contributed by atoms with E-state index in [1.165, 1.54) is 11.1 Å². The zero-order chi connectivity index (χ0) is 24.5. The van der Waals surface area contributed by atoms with Crippen LogP contribution in [0.2, 0.25) is 5.02 Å². The van der Waals surface area contributed by atoms with Gasteiger partial charge in [-0.1, -0.05) is 11.6 Å². The Bertz CT molecular complexity index is 1310. The Hall–Kier alpha value is -3.74. The Balaban J connectivity index is 1.37. The molecule has 0 radical (unpaired) electrons. The Morgan fingerprint density at radius 2 is 2.00 bits per heavy atom. The van der Waals surface area contributed by atoms with Crippen LogP contribution in [0.15, 0.2) is 29.3 Å². The number of halogens is 4. The molecule has 3 aromatic heterocycles. The van der Waals surface area contributed by atoms with Crippen molar-refractivity contribution in [3.8, 4) is 0 Å². The third kappa shape index (κ3) is 4.93. The van der Waals surface area contributed by atoms with Crippen molar-refractivity contribution in [2.45, 2.75) is 25.6 Å². The van der Waals surface area contributed by atoms with Gasteiger partial charge in [-0.2, -0.15) is 23.4 Å². The number of carbonyl (C=O) groups is 2. The number of fused-ring (bicyclic) bond motifs is 1. The molecule has 0 unspecified atom stereocenters. The normalized spacial score (nSPS) is 13.5. The number of hydrogen-bond donors (Lipinski definition) is 3. The minimum absolute atomic E-state index is 0.0821. The van der Waals surface area contributed by atoms with E-state index in [0.29, 0.717) is 30.4 Å². The minimum Gasteiger partial charge on any atom is -0.350 e. The van der Waals surface area contributed by atoms with E-state index in [0.717, 1.165) is 12.1 Å². The van der Waals surface area contributed by atoms with Crippen LogP contribution < -0.4 is 10.9 Å². The molecule has 0 bridgehead atoms. The Kier molecular flexibility index (Phi) is 6.37. The second kappa shape index (κ2) is 9.25. The van der Waals surface area contributed by atoms with Crippen LogP contribution in [0.5, 0.6) is 0 Å². The summed E-state index contributed by atoms with van der Waals surface area (Å²) >= 11 is 5.89. The number of nitrogens with zero attached hydrogens (tertiary/aromatic N) is 4. The number of nitrogens with one attached hydrogen (secondary N) is 3. The summed E-state index contributed by atoms with van der Waals surface area (Å²) in [6.07, 6.45) is -2.09. The molecule has 34 heavy (non-hydrogen) atoms. The SMILES string of the molecule is O=C(NCCc1ncc(C(F)(F)F)cc1Cl)c1n[nH]c2c1CCN(C(=O)c1cn[nH]c(=O)c1)C2. The molecule has 3 aromatic rings. The summed E-state index contributed by atoms with van der Waals surface area (Å²) < 4.78 is 38.2. The molecule has 4 rings (SSSR count). The summed E-state index contributed by atoms with van der Waals surface area (Å²) in [6.45, 7) is 0.564. The van der Waals surface area contributed by atoms with Gasteiger partial charge in [0.15, 0.2) is 5.69 Å². The number of aromatic amines is 2. The molecule has 0 aliphatic carbocycles. The van der Waals surface area contributed by atoms with E-state index in [9.17, 15) is 27.6 Å². The van der Waals surface area contributed by atoms with E-state index in [-0.39, 0.29) is 47.4 Å². The maximum absolute atomic E-state index is 12.7. The maximum atomic E-state index is 12.7. The van der Waals surface area contributed by atoms with Crippen LogP contribution in [0.25, 0.3) is 0 Å². The van der Waals surface area contributed by atoms with Crippen LogP contribution in [0.3, 0.4) is 0 Å². The molecule has 1 aliphatic rings. The highest BCUT2D eigenvalue weighted by atomic mass is 35.5. The molecule has 0 fully saturated rings. The number of hydrogen-bond acceptors (Lipinski definition) is 6. The lowest BCUT2D eigenvalue weighted by atomic mass is 10.0. The number of pyridine rings is 1. The number of carbonyl (C=O) groups excluding carboxylic acids is 2. The van der Waals surface area contributed by atoms with Crippen LogP contribution in [0, 0.1) is 0 Å². The predicted octanol–water partition coefficient (Wildman–Crippen LogP) is 1.73. The molecule has 178 valence electrons. The van der Waals surface area contributed by atoms with Crippen molar-refractivity contribution in [1.82, 2.24) is 35.6 Å². The highest BCUT2D eigenvalue weighted by Crippen LogP contribution is 2.31. The van der Waals surface area contributed by atoms with Gasteiger partial charge in [-0.15, -0.1) is 0 Å². The zero-order valence-electron chi connectivity index (χ0n) is 17.4. The molecule has 0 saturated carbocycles. The van der Waals surface area contributed by atoms with Crippen LogP contribution in [0.4, 0.5) is 13.2 Å². The molecular weight excluding hydrogens is 479 g/mol. The first-order valence-corrected chi connectivity index (χ1v) is 10.4. The van der Waals surface area contributed by atoms with Gasteiger partial charge in [-0.25, -0.2) is 5.10 Å². The largest absolute Gasteiger partial charge is 0.417 e. The van der Waals surface area contributed by atoms with Crippen LogP contribution in [0.1, 0.15) is 43.4 Å². The predicted molar refractivity (Wildman–Crippen MR) is 112 cm³/mol. The Labute approximate surface area is 194 Å². The molecule has 0 spiro atoms. The first-order chi connectivity index (χ1) is 16.1. The summed E-state index contributed by atoms with van der Waals surface area (Å²) in [4.78, 5) is 41.9. The first kappa shape index (κ1) is 23.4. The van der Waals surface area contributed by atoms with Gasteiger partial charge >= 0.3 is 6.18 Å². The quantitative estimate of drug-likeness (QED) is 0.493. The molecule has 0 aromatic carbocycles. The van der Waals surface area contributed by atoms with Gasteiger partial charge < -0.3 is 10.2 Å². The average Bonchev–Trinajstić information content (AvgIpc) is 3.22. The molecule has 4 heterocycles. The van der Waals surface area contributed by atoms with E-state index < -0.39 is 23.2 Å². The van der Waals surface area contributed by atoms with Gasteiger partial charge in [0.2, 0.25) is 0 Å². The Morgan fingerprint density at radius 1 is 1.21 bits per heavy atom. The van der Waals surface area contributed by atoms with Gasteiger partial charge in [0, 0.05) is 37.3 Å². The fourth-order valence-electron chi connectivity index (χ4n) is 3.54. The number of aromatic nitrogens is 5. The van der Waals surface area contributed by atoms with Crippen molar-refractivity contribution in [1.29, 1.82) is 0 Å². The van der Waals surface area contributed by atoms with Crippen molar-refractivity contribution in [2.24, 2.45) is 0 Å². The molecule has 2 amide bonds. The maximum Gasteiger partial charge on any atom is 0.417 e. The number of alkyl halides is 3. The lowest BCUT2D eigenvalue weighted by Gasteiger charge is -2.26. The van der Waals surface area contributed by atoms with E-state index in [4.69, 9.17) is 11.6 Å². The molecule has 3 N–H and O–H groups in total. The monoisotopic (exact) mass is 495 g/mol. The van der Waals surface area contributed by atoms with Crippen LogP contribution in [-0.2, 0) is 25.6 Å².